The van der Waals surface area contributed by atoms with Gasteiger partial charge in [-0.15, -0.1) is 0 Å². The Morgan fingerprint density at radius 3 is 2.58 bits per heavy atom. The number of aromatic nitrogens is 2. The minimum Gasteiger partial charge on any atom is -0.490 e. The highest BCUT2D eigenvalue weighted by Gasteiger charge is 2.13. The van der Waals surface area contributed by atoms with Gasteiger partial charge in [0.25, 0.3) is 0 Å². The van der Waals surface area contributed by atoms with Crippen LogP contribution >= 0.6 is 11.6 Å². The van der Waals surface area contributed by atoms with Crippen molar-refractivity contribution in [1.82, 2.24) is 15.1 Å². The highest BCUT2D eigenvalue weighted by atomic mass is 35.5. The van der Waals surface area contributed by atoms with Crippen LogP contribution in [0.15, 0.2) is 12.1 Å². The lowest BCUT2D eigenvalue weighted by molar-refractivity contribution is 0.277. The first-order chi connectivity index (χ1) is 12.5. The summed E-state index contributed by atoms with van der Waals surface area (Å²) < 4.78 is 13.4. The van der Waals surface area contributed by atoms with Crippen LogP contribution in [-0.4, -0.2) is 29.5 Å². The second-order valence-electron chi connectivity index (χ2n) is 6.39. The molecule has 6 heteroatoms. The van der Waals surface area contributed by atoms with Gasteiger partial charge in [0, 0.05) is 19.3 Å². The lowest BCUT2D eigenvalue weighted by atomic mass is 10.1. The van der Waals surface area contributed by atoms with E-state index in [2.05, 4.69) is 31.2 Å². The Labute approximate surface area is 161 Å². The van der Waals surface area contributed by atoms with Gasteiger partial charge in [-0.05, 0) is 63.4 Å². The molecule has 0 saturated heterocycles. The highest BCUT2D eigenvalue weighted by molar-refractivity contribution is 6.32. The number of aryl methyl sites for hydroxylation is 2. The van der Waals surface area contributed by atoms with E-state index in [0.29, 0.717) is 29.7 Å². The summed E-state index contributed by atoms with van der Waals surface area (Å²) in [4.78, 5) is 0. The highest BCUT2D eigenvalue weighted by Crippen LogP contribution is 2.36. The van der Waals surface area contributed by atoms with Crippen molar-refractivity contribution >= 4 is 11.6 Å². The van der Waals surface area contributed by atoms with Crippen molar-refractivity contribution in [1.29, 1.82) is 0 Å². The van der Waals surface area contributed by atoms with Crippen LogP contribution in [0.5, 0.6) is 11.5 Å². The Morgan fingerprint density at radius 1 is 1.19 bits per heavy atom. The largest absolute Gasteiger partial charge is 0.490 e. The maximum absolute atomic E-state index is 6.42. The Balaban J connectivity index is 1.98. The van der Waals surface area contributed by atoms with Gasteiger partial charge in [-0.2, -0.15) is 5.10 Å². The van der Waals surface area contributed by atoms with Crippen molar-refractivity contribution in [3.8, 4) is 11.5 Å². The van der Waals surface area contributed by atoms with Crippen molar-refractivity contribution in [3.63, 3.8) is 0 Å². The molecule has 1 N–H and O–H groups in total. The van der Waals surface area contributed by atoms with Gasteiger partial charge in [-0.1, -0.05) is 18.5 Å². The molecule has 0 radical (unpaired) electrons. The van der Waals surface area contributed by atoms with Gasteiger partial charge in [0.1, 0.15) is 0 Å². The van der Waals surface area contributed by atoms with Crippen LogP contribution < -0.4 is 14.8 Å². The monoisotopic (exact) mass is 379 g/mol. The Kier molecular flexibility index (Phi) is 7.79. The first-order valence-electron chi connectivity index (χ1n) is 9.25. The summed E-state index contributed by atoms with van der Waals surface area (Å²) in [5.41, 5.74) is 4.73. The van der Waals surface area contributed by atoms with Gasteiger partial charge in [0.2, 0.25) is 0 Å². The molecule has 1 aromatic carbocycles. The van der Waals surface area contributed by atoms with Crippen molar-refractivity contribution in [2.45, 2.75) is 47.1 Å². The van der Waals surface area contributed by atoms with E-state index in [9.17, 15) is 0 Å². The van der Waals surface area contributed by atoms with Crippen molar-refractivity contribution in [2.75, 3.05) is 19.8 Å². The smallest absolute Gasteiger partial charge is 0.179 e. The number of ether oxygens (including phenoxy) is 2. The summed E-state index contributed by atoms with van der Waals surface area (Å²) in [7, 11) is 1.98. The van der Waals surface area contributed by atoms with E-state index in [0.717, 1.165) is 37.2 Å². The number of hydrogen-bond donors (Lipinski definition) is 1. The number of halogens is 1. The summed E-state index contributed by atoms with van der Waals surface area (Å²) >= 11 is 6.42. The molecular formula is C20H30ClN3O2. The molecule has 0 aliphatic carbocycles. The summed E-state index contributed by atoms with van der Waals surface area (Å²) in [5.74, 6) is 1.35. The number of nitrogens with one attached hydrogen (secondary N) is 1. The molecule has 0 bridgehead atoms. The SMILES string of the molecule is CCCOc1c(Cl)cc(CNCCc2c(C)nn(C)c2C)cc1OCC. The molecular weight excluding hydrogens is 350 g/mol. The molecule has 0 aliphatic rings. The van der Waals surface area contributed by atoms with Crippen LogP contribution in [0.2, 0.25) is 5.02 Å². The lowest BCUT2D eigenvalue weighted by Gasteiger charge is -2.15. The van der Waals surface area contributed by atoms with E-state index >= 15 is 0 Å². The molecule has 2 rings (SSSR count). The average Bonchev–Trinajstić information content (AvgIpc) is 2.84. The lowest BCUT2D eigenvalue weighted by Crippen LogP contribution is -2.17. The van der Waals surface area contributed by atoms with Crippen molar-refractivity contribution in [2.24, 2.45) is 7.05 Å². The van der Waals surface area contributed by atoms with Crippen LogP contribution in [0, 0.1) is 13.8 Å². The third kappa shape index (κ3) is 5.15. The molecule has 0 spiro atoms. The zero-order valence-corrected chi connectivity index (χ0v) is 17.2. The molecule has 0 unspecified atom stereocenters. The van der Waals surface area contributed by atoms with E-state index < -0.39 is 0 Å². The molecule has 0 atom stereocenters. The van der Waals surface area contributed by atoms with E-state index in [1.54, 1.807) is 0 Å². The predicted octanol–water partition coefficient (Wildman–Crippen LogP) is 4.21. The minimum atomic E-state index is 0.579. The number of nitrogens with zero attached hydrogens (tertiary/aromatic N) is 2. The second-order valence-corrected chi connectivity index (χ2v) is 6.79. The Morgan fingerprint density at radius 2 is 1.96 bits per heavy atom. The molecule has 2 aromatic rings. The van der Waals surface area contributed by atoms with Crippen LogP contribution in [0.3, 0.4) is 0 Å². The van der Waals surface area contributed by atoms with Gasteiger partial charge < -0.3 is 14.8 Å². The summed E-state index contributed by atoms with van der Waals surface area (Å²) in [6, 6.07) is 3.95. The molecule has 144 valence electrons. The number of hydrogen-bond acceptors (Lipinski definition) is 4. The second kappa shape index (κ2) is 9.83. The van der Waals surface area contributed by atoms with Gasteiger partial charge in [-0.25, -0.2) is 0 Å². The Bertz CT molecular complexity index is 728. The fourth-order valence-electron chi connectivity index (χ4n) is 2.96. The van der Waals surface area contributed by atoms with Crippen molar-refractivity contribution in [3.05, 3.63) is 39.7 Å². The molecule has 26 heavy (non-hydrogen) atoms. The Hall–Kier alpha value is -1.72. The number of benzene rings is 1. The van der Waals surface area contributed by atoms with Crippen LogP contribution in [0.4, 0.5) is 0 Å². The average molecular weight is 380 g/mol. The topological polar surface area (TPSA) is 48.3 Å². The fourth-order valence-corrected chi connectivity index (χ4v) is 3.24. The molecule has 5 nitrogen and oxygen atoms in total. The van der Waals surface area contributed by atoms with Crippen molar-refractivity contribution < 1.29 is 9.47 Å². The number of rotatable bonds is 10. The van der Waals surface area contributed by atoms with E-state index in [1.807, 2.05) is 30.8 Å². The molecule has 0 aliphatic heterocycles. The van der Waals surface area contributed by atoms with Gasteiger partial charge in [-0.3, -0.25) is 4.68 Å². The van der Waals surface area contributed by atoms with Gasteiger partial charge in [0.05, 0.1) is 23.9 Å². The van der Waals surface area contributed by atoms with Crippen LogP contribution in [0.25, 0.3) is 0 Å². The molecule has 0 fully saturated rings. The summed E-state index contributed by atoms with van der Waals surface area (Å²) in [6.07, 6.45) is 1.88. The zero-order chi connectivity index (χ0) is 19.1. The predicted molar refractivity (Wildman–Crippen MR) is 106 cm³/mol. The summed E-state index contributed by atoms with van der Waals surface area (Å²) in [5, 5.41) is 8.54. The van der Waals surface area contributed by atoms with Gasteiger partial charge in [0.15, 0.2) is 11.5 Å². The normalized spacial score (nSPS) is 11.0. The first-order valence-corrected chi connectivity index (χ1v) is 9.63. The molecule has 0 saturated carbocycles. The molecule has 0 amide bonds. The van der Waals surface area contributed by atoms with E-state index in [1.165, 1.54) is 11.3 Å². The van der Waals surface area contributed by atoms with Gasteiger partial charge >= 0.3 is 0 Å². The van der Waals surface area contributed by atoms with Crippen LogP contribution in [-0.2, 0) is 20.0 Å². The minimum absolute atomic E-state index is 0.579. The fraction of sp³-hybridized carbons (Fsp3) is 0.550. The standard InChI is InChI=1S/C20H30ClN3O2/c1-6-10-26-20-18(21)11-16(12-19(20)25-7-2)13-22-9-8-17-14(3)23-24(5)15(17)4/h11-12,22H,6-10,13H2,1-5H3. The van der Waals surface area contributed by atoms with E-state index in [-0.39, 0.29) is 0 Å². The molecule has 1 heterocycles. The van der Waals surface area contributed by atoms with Crippen LogP contribution in [0.1, 0.15) is 42.8 Å². The third-order valence-electron chi connectivity index (χ3n) is 4.36. The molecule has 1 aromatic heterocycles. The maximum atomic E-state index is 6.42. The zero-order valence-electron chi connectivity index (χ0n) is 16.5. The van der Waals surface area contributed by atoms with E-state index in [4.69, 9.17) is 21.1 Å². The quantitative estimate of drug-likeness (QED) is 0.628. The summed E-state index contributed by atoms with van der Waals surface area (Å²) in [6.45, 7) is 11.0. The third-order valence-corrected chi connectivity index (χ3v) is 4.64. The first kappa shape index (κ1) is 20.6. The maximum Gasteiger partial charge on any atom is 0.179 e.